The highest BCUT2D eigenvalue weighted by atomic mass is 79.9. The van der Waals surface area contributed by atoms with Crippen molar-refractivity contribution in [2.75, 3.05) is 6.61 Å². The highest BCUT2D eigenvalue weighted by Crippen LogP contribution is 2.27. The van der Waals surface area contributed by atoms with Gasteiger partial charge in [-0.3, -0.25) is 0 Å². The van der Waals surface area contributed by atoms with E-state index in [0.717, 1.165) is 0 Å². The van der Waals surface area contributed by atoms with Gasteiger partial charge >= 0.3 is 10.1 Å². The van der Waals surface area contributed by atoms with Gasteiger partial charge in [0.15, 0.2) is 5.75 Å². The van der Waals surface area contributed by atoms with Gasteiger partial charge < -0.3 is 8.92 Å². The van der Waals surface area contributed by atoms with E-state index in [0.29, 0.717) is 16.8 Å². The second kappa shape index (κ2) is 6.28. The largest absolute Gasteiger partial charge is 0.494 e. The summed E-state index contributed by atoms with van der Waals surface area (Å²) in [7, 11) is -3.85. The van der Waals surface area contributed by atoms with Crippen LogP contribution in [-0.2, 0) is 10.1 Å². The molecule has 0 N–H and O–H groups in total. The first-order valence-corrected chi connectivity index (χ1v) is 8.15. The Labute approximate surface area is 126 Å². The quantitative estimate of drug-likeness (QED) is 0.767. The smallest absolute Gasteiger partial charge is 0.339 e. The van der Waals surface area contributed by atoms with Gasteiger partial charge in [0.2, 0.25) is 0 Å². The summed E-state index contributed by atoms with van der Waals surface area (Å²) in [6.07, 6.45) is 0. The number of benzene rings is 2. The molecule has 2 rings (SSSR count). The highest BCUT2D eigenvalue weighted by molar-refractivity contribution is 9.10. The summed E-state index contributed by atoms with van der Waals surface area (Å²) >= 11 is 3.24. The highest BCUT2D eigenvalue weighted by Gasteiger charge is 2.17. The lowest BCUT2D eigenvalue weighted by Gasteiger charge is -2.09. The molecule has 0 saturated carbocycles. The van der Waals surface area contributed by atoms with Crippen LogP contribution in [0.4, 0.5) is 0 Å². The average Bonchev–Trinajstić information content (AvgIpc) is 2.42. The molecule has 2 aromatic rings. The van der Waals surface area contributed by atoms with E-state index in [1.165, 1.54) is 12.1 Å². The van der Waals surface area contributed by atoms with Crippen LogP contribution in [0.5, 0.6) is 11.5 Å². The SMILES string of the molecule is CCOc1ccc(S(=O)(=O)Oc2ccccc2Br)cc1. The third kappa shape index (κ3) is 3.52. The van der Waals surface area contributed by atoms with E-state index < -0.39 is 10.1 Å². The zero-order valence-electron chi connectivity index (χ0n) is 10.7. The van der Waals surface area contributed by atoms with E-state index in [1.54, 1.807) is 36.4 Å². The van der Waals surface area contributed by atoms with Crippen molar-refractivity contribution < 1.29 is 17.3 Å². The summed E-state index contributed by atoms with van der Waals surface area (Å²) in [6, 6.07) is 12.9. The van der Waals surface area contributed by atoms with E-state index in [-0.39, 0.29) is 10.6 Å². The summed E-state index contributed by atoms with van der Waals surface area (Å²) in [6.45, 7) is 2.39. The lowest BCUT2D eigenvalue weighted by Crippen LogP contribution is -2.10. The molecular formula is C14H13BrO4S. The van der Waals surface area contributed by atoms with Crippen LogP contribution in [0.3, 0.4) is 0 Å². The average molecular weight is 357 g/mol. The number of rotatable bonds is 5. The molecule has 0 atom stereocenters. The van der Waals surface area contributed by atoms with Gasteiger partial charge in [0, 0.05) is 0 Å². The van der Waals surface area contributed by atoms with Crippen molar-refractivity contribution in [2.24, 2.45) is 0 Å². The van der Waals surface area contributed by atoms with Crippen molar-refractivity contribution in [2.45, 2.75) is 11.8 Å². The molecule has 4 nitrogen and oxygen atoms in total. The van der Waals surface area contributed by atoms with E-state index >= 15 is 0 Å². The van der Waals surface area contributed by atoms with Crippen LogP contribution in [0.2, 0.25) is 0 Å². The monoisotopic (exact) mass is 356 g/mol. The van der Waals surface area contributed by atoms with Gasteiger partial charge in [-0.15, -0.1) is 0 Å². The number of hydrogen-bond donors (Lipinski definition) is 0. The Balaban J connectivity index is 2.24. The summed E-state index contributed by atoms with van der Waals surface area (Å²) in [5.74, 6) is 0.869. The van der Waals surface area contributed by atoms with Gasteiger partial charge in [0.1, 0.15) is 10.6 Å². The minimum absolute atomic E-state index is 0.0803. The summed E-state index contributed by atoms with van der Waals surface area (Å²) in [5, 5.41) is 0. The molecule has 0 aliphatic carbocycles. The number of ether oxygens (including phenoxy) is 1. The molecule has 2 aromatic carbocycles. The van der Waals surface area contributed by atoms with Crippen LogP contribution in [0.25, 0.3) is 0 Å². The van der Waals surface area contributed by atoms with E-state index in [9.17, 15) is 8.42 Å². The predicted molar refractivity (Wildman–Crippen MR) is 79.6 cm³/mol. The molecular weight excluding hydrogens is 344 g/mol. The minimum Gasteiger partial charge on any atom is -0.494 e. The molecule has 0 aromatic heterocycles. The van der Waals surface area contributed by atoms with Crippen LogP contribution < -0.4 is 8.92 Å². The van der Waals surface area contributed by atoms with Crippen LogP contribution >= 0.6 is 15.9 Å². The molecule has 0 unspecified atom stereocenters. The van der Waals surface area contributed by atoms with Crippen molar-refractivity contribution in [1.29, 1.82) is 0 Å². The molecule has 6 heteroatoms. The number of hydrogen-bond acceptors (Lipinski definition) is 4. The maximum Gasteiger partial charge on any atom is 0.339 e. The van der Waals surface area contributed by atoms with Gasteiger partial charge in [-0.1, -0.05) is 12.1 Å². The maximum absolute atomic E-state index is 12.1. The van der Waals surface area contributed by atoms with Gasteiger partial charge in [-0.2, -0.15) is 8.42 Å². The first-order valence-electron chi connectivity index (χ1n) is 5.95. The third-order valence-electron chi connectivity index (χ3n) is 2.46. The third-order valence-corrected chi connectivity index (χ3v) is 4.36. The van der Waals surface area contributed by atoms with Crippen molar-refractivity contribution in [3.63, 3.8) is 0 Å². The molecule has 0 bridgehead atoms. The standard InChI is InChI=1S/C14H13BrO4S/c1-2-18-11-7-9-12(10-8-11)20(16,17)19-14-6-4-3-5-13(14)15/h3-10H,2H2,1H3. The van der Waals surface area contributed by atoms with E-state index in [4.69, 9.17) is 8.92 Å². The maximum atomic E-state index is 12.1. The molecule has 0 aliphatic rings. The van der Waals surface area contributed by atoms with E-state index in [2.05, 4.69) is 15.9 Å². The summed E-state index contributed by atoms with van der Waals surface area (Å²) in [5.41, 5.74) is 0. The fourth-order valence-corrected chi connectivity index (χ4v) is 2.97. The number of halogens is 1. The fourth-order valence-electron chi connectivity index (χ4n) is 1.55. The molecule has 106 valence electrons. The first-order chi connectivity index (χ1) is 9.53. The molecule has 0 saturated heterocycles. The Morgan fingerprint density at radius 3 is 2.30 bits per heavy atom. The molecule has 0 radical (unpaired) electrons. The summed E-state index contributed by atoms with van der Waals surface area (Å²) in [4.78, 5) is 0.0803. The van der Waals surface area contributed by atoms with Crippen molar-refractivity contribution >= 4 is 26.0 Å². The topological polar surface area (TPSA) is 52.6 Å². The first kappa shape index (κ1) is 14.9. The molecule has 20 heavy (non-hydrogen) atoms. The van der Waals surface area contributed by atoms with Gasteiger partial charge in [-0.05, 0) is 59.3 Å². The molecule has 0 amide bonds. The van der Waals surface area contributed by atoms with Gasteiger partial charge in [0.25, 0.3) is 0 Å². The molecule has 0 spiro atoms. The number of para-hydroxylation sites is 1. The minimum atomic E-state index is -3.85. The van der Waals surface area contributed by atoms with Crippen LogP contribution in [0.1, 0.15) is 6.92 Å². The molecule has 0 aliphatic heterocycles. The predicted octanol–water partition coefficient (Wildman–Crippen LogP) is 3.62. The van der Waals surface area contributed by atoms with Crippen LogP contribution in [0, 0.1) is 0 Å². The second-order valence-electron chi connectivity index (χ2n) is 3.87. The Hall–Kier alpha value is -1.53. The second-order valence-corrected chi connectivity index (χ2v) is 6.27. The zero-order valence-corrected chi connectivity index (χ0v) is 13.1. The Morgan fingerprint density at radius 1 is 1.05 bits per heavy atom. The van der Waals surface area contributed by atoms with Crippen molar-refractivity contribution in [3.8, 4) is 11.5 Å². The van der Waals surface area contributed by atoms with Crippen molar-refractivity contribution in [3.05, 3.63) is 53.0 Å². The summed E-state index contributed by atoms with van der Waals surface area (Å²) < 4.78 is 35.2. The van der Waals surface area contributed by atoms with Gasteiger partial charge in [-0.25, -0.2) is 0 Å². The van der Waals surface area contributed by atoms with E-state index in [1.807, 2.05) is 6.92 Å². The van der Waals surface area contributed by atoms with Crippen LogP contribution in [0.15, 0.2) is 57.9 Å². The van der Waals surface area contributed by atoms with Gasteiger partial charge in [0.05, 0.1) is 11.1 Å². The Kier molecular flexibility index (Phi) is 4.67. The molecule has 0 heterocycles. The van der Waals surface area contributed by atoms with Crippen molar-refractivity contribution in [1.82, 2.24) is 0 Å². The molecule has 0 fully saturated rings. The van der Waals surface area contributed by atoms with Crippen LogP contribution in [-0.4, -0.2) is 15.0 Å². The lowest BCUT2D eigenvalue weighted by atomic mass is 10.3. The lowest BCUT2D eigenvalue weighted by molar-refractivity contribution is 0.340. The normalized spacial score (nSPS) is 11.1. The Morgan fingerprint density at radius 2 is 1.70 bits per heavy atom. The zero-order chi connectivity index (χ0) is 14.6. The Bertz CT molecular complexity index is 681. The fraction of sp³-hybridized carbons (Fsp3) is 0.143.